The number of hydrogen-bond donors (Lipinski definition) is 1. The van der Waals surface area contributed by atoms with Crippen molar-refractivity contribution in [1.82, 2.24) is 20.4 Å². The molecule has 2 aromatic carbocycles. The zero-order valence-electron chi connectivity index (χ0n) is 13.3. The van der Waals surface area contributed by atoms with Crippen molar-refractivity contribution in [1.29, 1.82) is 0 Å². The van der Waals surface area contributed by atoms with Gasteiger partial charge in [-0.15, -0.1) is 5.10 Å². The number of rotatable bonds is 5. The van der Waals surface area contributed by atoms with Crippen molar-refractivity contribution in [2.45, 2.75) is 13.5 Å². The number of amides is 1. The fraction of sp³-hybridized carbons (Fsp3) is 0.125. The van der Waals surface area contributed by atoms with Gasteiger partial charge >= 0.3 is 0 Å². The number of nitro groups is 1. The Kier molecular flexibility index (Phi) is 4.46. The molecule has 0 aliphatic carbocycles. The average Bonchev–Trinajstić information content (AvgIpc) is 3.03. The van der Waals surface area contributed by atoms with Crippen LogP contribution in [-0.2, 0) is 11.3 Å². The van der Waals surface area contributed by atoms with Crippen molar-refractivity contribution in [3.8, 4) is 0 Å². The lowest BCUT2D eigenvalue weighted by atomic mass is 10.1. The molecule has 0 spiro atoms. The predicted octanol–water partition coefficient (Wildman–Crippen LogP) is 1.88. The molecule has 0 fully saturated rings. The SMILES string of the molecule is CC(=NNC(=O)Cn1nnc2ccccc21)c1cccc([N+](=O)[O-])c1. The summed E-state index contributed by atoms with van der Waals surface area (Å²) in [5.74, 6) is -0.375. The molecule has 1 amide bonds. The van der Waals surface area contributed by atoms with Gasteiger partial charge in [0.05, 0.1) is 16.2 Å². The Morgan fingerprint density at radius 2 is 2.08 bits per heavy atom. The number of aromatic nitrogens is 3. The zero-order chi connectivity index (χ0) is 17.8. The predicted molar refractivity (Wildman–Crippen MR) is 91.0 cm³/mol. The Bertz CT molecular complexity index is 979. The van der Waals surface area contributed by atoms with Crippen LogP contribution in [0.15, 0.2) is 53.6 Å². The monoisotopic (exact) mass is 338 g/mol. The molecule has 0 saturated heterocycles. The number of benzene rings is 2. The van der Waals surface area contributed by atoms with Gasteiger partial charge in [0.25, 0.3) is 11.6 Å². The van der Waals surface area contributed by atoms with Crippen molar-refractivity contribution in [3.05, 3.63) is 64.2 Å². The molecule has 0 saturated carbocycles. The van der Waals surface area contributed by atoms with Gasteiger partial charge in [0, 0.05) is 17.7 Å². The van der Waals surface area contributed by atoms with Gasteiger partial charge in [-0.25, -0.2) is 10.1 Å². The van der Waals surface area contributed by atoms with Crippen LogP contribution in [0.2, 0.25) is 0 Å². The third kappa shape index (κ3) is 3.66. The summed E-state index contributed by atoms with van der Waals surface area (Å²) in [6.45, 7) is 1.62. The summed E-state index contributed by atoms with van der Waals surface area (Å²) in [5, 5.41) is 22.7. The molecular weight excluding hydrogens is 324 g/mol. The van der Waals surface area contributed by atoms with E-state index in [1.165, 1.54) is 16.8 Å². The number of nitrogens with zero attached hydrogens (tertiary/aromatic N) is 5. The number of hydrogen-bond acceptors (Lipinski definition) is 6. The van der Waals surface area contributed by atoms with Crippen LogP contribution in [0.5, 0.6) is 0 Å². The minimum Gasteiger partial charge on any atom is -0.271 e. The number of para-hydroxylation sites is 1. The standard InChI is InChI=1S/C16H14N6O3/c1-11(12-5-4-6-13(9-12)22(24)25)17-19-16(23)10-21-15-8-3-2-7-14(15)18-20-21/h2-9H,10H2,1H3,(H,19,23). The van der Waals surface area contributed by atoms with E-state index in [9.17, 15) is 14.9 Å². The molecule has 3 rings (SSSR count). The molecule has 126 valence electrons. The van der Waals surface area contributed by atoms with Crippen molar-refractivity contribution in [2.75, 3.05) is 0 Å². The Labute approximate surface area is 142 Å². The van der Waals surface area contributed by atoms with Gasteiger partial charge in [-0.05, 0) is 19.1 Å². The van der Waals surface area contributed by atoms with Crippen LogP contribution in [-0.4, -0.2) is 31.5 Å². The highest BCUT2D eigenvalue weighted by atomic mass is 16.6. The second-order valence-corrected chi connectivity index (χ2v) is 5.28. The van der Waals surface area contributed by atoms with Crippen molar-refractivity contribution in [3.63, 3.8) is 0 Å². The van der Waals surface area contributed by atoms with Gasteiger partial charge in [-0.1, -0.05) is 29.5 Å². The molecule has 9 nitrogen and oxygen atoms in total. The summed E-state index contributed by atoms with van der Waals surface area (Å²) in [6.07, 6.45) is 0. The van der Waals surface area contributed by atoms with Crippen LogP contribution in [0.25, 0.3) is 11.0 Å². The first-order valence-electron chi connectivity index (χ1n) is 7.41. The molecule has 1 aromatic heterocycles. The highest BCUT2D eigenvalue weighted by molar-refractivity contribution is 5.99. The number of carbonyl (C=O) groups excluding carboxylic acids is 1. The molecule has 0 atom stereocenters. The molecular formula is C16H14N6O3. The van der Waals surface area contributed by atoms with Gasteiger partial charge < -0.3 is 0 Å². The van der Waals surface area contributed by atoms with Crippen LogP contribution < -0.4 is 5.43 Å². The van der Waals surface area contributed by atoms with Crippen molar-refractivity contribution >= 4 is 28.3 Å². The molecule has 1 N–H and O–H groups in total. The van der Waals surface area contributed by atoms with Crippen LogP contribution in [0.1, 0.15) is 12.5 Å². The normalized spacial score (nSPS) is 11.5. The first kappa shape index (κ1) is 16.2. The first-order valence-corrected chi connectivity index (χ1v) is 7.41. The Morgan fingerprint density at radius 3 is 2.88 bits per heavy atom. The Morgan fingerprint density at radius 1 is 1.28 bits per heavy atom. The van der Waals surface area contributed by atoms with Crippen molar-refractivity contribution in [2.24, 2.45) is 5.10 Å². The van der Waals surface area contributed by atoms with Crippen LogP contribution >= 0.6 is 0 Å². The lowest BCUT2D eigenvalue weighted by Crippen LogP contribution is -2.24. The van der Waals surface area contributed by atoms with Crippen LogP contribution in [0, 0.1) is 10.1 Å². The third-order valence-electron chi connectivity index (χ3n) is 3.54. The number of nitro benzene ring substituents is 1. The fourth-order valence-electron chi connectivity index (χ4n) is 2.26. The van der Waals surface area contributed by atoms with Crippen molar-refractivity contribution < 1.29 is 9.72 Å². The second kappa shape index (κ2) is 6.87. The first-order chi connectivity index (χ1) is 12.0. The Balaban J connectivity index is 1.69. The third-order valence-corrected chi connectivity index (χ3v) is 3.54. The number of fused-ring (bicyclic) bond motifs is 1. The minimum atomic E-state index is -0.481. The quantitative estimate of drug-likeness (QED) is 0.433. The minimum absolute atomic E-state index is 0.0348. The lowest BCUT2D eigenvalue weighted by Gasteiger charge is -2.04. The van der Waals surface area contributed by atoms with Gasteiger partial charge in [-0.3, -0.25) is 14.9 Å². The highest BCUT2D eigenvalue weighted by Gasteiger charge is 2.10. The van der Waals surface area contributed by atoms with E-state index in [4.69, 9.17) is 0 Å². The van der Waals surface area contributed by atoms with Crippen LogP contribution in [0.3, 0.4) is 0 Å². The van der Waals surface area contributed by atoms with E-state index in [0.717, 1.165) is 5.52 Å². The number of non-ortho nitro benzene ring substituents is 1. The van der Waals surface area contributed by atoms with Gasteiger partial charge in [0.1, 0.15) is 12.1 Å². The summed E-state index contributed by atoms with van der Waals surface area (Å²) >= 11 is 0. The maximum absolute atomic E-state index is 12.0. The maximum atomic E-state index is 12.0. The zero-order valence-corrected chi connectivity index (χ0v) is 13.3. The van der Waals surface area contributed by atoms with E-state index in [1.807, 2.05) is 18.2 Å². The molecule has 25 heavy (non-hydrogen) atoms. The van der Waals surface area contributed by atoms with Gasteiger partial charge in [-0.2, -0.15) is 5.10 Å². The van der Waals surface area contributed by atoms with E-state index >= 15 is 0 Å². The average molecular weight is 338 g/mol. The molecule has 9 heteroatoms. The summed E-state index contributed by atoms with van der Waals surface area (Å²) in [7, 11) is 0. The summed E-state index contributed by atoms with van der Waals surface area (Å²) in [6, 6.07) is 13.3. The van der Waals surface area contributed by atoms with Gasteiger partial charge in [0.15, 0.2) is 0 Å². The van der Waals surface area contributed by atoms with E-state index in [0.29, 0.717) is 16.8 Å². The topological polar surface area (TPSA) is 115 Å². The fourth-order valence-corrected chi connectivity index (χ4v) is 2.26. The van der Waals surface area contributed by atoms with Gasteiger partial charge in [0.2, 0.25) is 0 Å². The van der Waals surface area contributed by atoms with E-state index in [-0.39, 0.29) is 18.1 Å². The summed E-state index contributed by atoms with van der Waals surface area (Å²) in [5.41, 5.74) is 4.85. The number of carbonyl (C=O) groups is 1. The van der Waals surface area contributed by atoms with Crippen LogP contribution in [0.4, 0.5) is 5.69 Å². The van der Waals surface area contributed by atoms with E-state index < -0.39 is 4.92 Å². The molecule has 0 aliphatic heterocycles. The highest BCUT2D eigenvalue weighted by Crippen LogP contribution is 2.13. The molecule has 0 radical (unpaired) electrons. The molecule has 1 heterocycles. The van der Waals surface area contributed by atoms with E-state index in [1.54, 1.807) is 25.1 Å². The molecule has 0 aliphatic rings. The molecule has 0 bridgehead atoms. The summed E-state index contributed by atoms with van der Waals surface area (Å²) < 4.78 is 1.48. The number of hydrazone groups is 1. The number of nitrogens with one attached hydrogen (secondary N) is 1. The largest absolute Gasteiger partial charge is 0.271 e. The lowest BCUT2D eigenvalue weighted by molar-refractivity contribution is -0.384. The van der Waals surface area contributed by atoms with E-state index in [2.05, 4.69) is 20.8 Å². The Hall–Kier alpha value is -3.62. The second-order valence-electron chi connectivity index (χ2n) is 5.28. The maximum Gasteiger partial charge on any atom is 0.270 e. The molecule has 0 unspecified atom stereocenters. The molecule has 3 aromatic rings. The smallest absolute Gasteiger partial charge is 0.270 e. The summed E-state index contributed by atoms with van der Waals surface area (Å²) in [4.78, 5) is 22.4.